The number of carbonyl (C=O) groups is 2. The van der Waals surface area contributed by atoms with Gasteiger partial charge in [-0.1, -0.05) is 35.4 Å². The van der Waals surface area contributed by atoms with Crippen molar-refractivity contribution >= 4 is 17.8 Å². The summed E-state index contributed by atoms with van der Waals surface area (Å²) in [7, 11) is 0. The standard InChI is InChI=1S/C25H29N5O2/c1-15-3-7-17(8-4-15)23(31)27-13-19-11-21-22(30-25(26)29-21)12-20(19)14-28-24(32)18-9-5-16(2)6-10-18/h3-10,19-20H,11-14H2,1-2H3,(H,27,31)(H,28,32)(H3,26,29,30). The number of nitrogens with zero attached hydrogens (tertiary/aromatic N) is 1. The van der Waals surface area contributed by atoms with Gasteiger partial charge >= 0.3 is 0 Å². The van der Waals surface area contributed by atoms with Crippen LogP contribution in [-0.2, 0) is 12.8 Å². The van der Waals surface area contributed by atoms with Gasteiger partial charge in [0, 0.05) is 29.9 Å². The Morgan fingerprint density at radius 3 is 1.84 bits per heavy atom. The Morgan fingerprint density at radius 1 is 0.875 bits per heavy atom. The fraction of sp³-hybridized carbons (Fsp3) is 0.320. The van der Waals surface area contributed by atoms with Gasteiger partial charge in [0.2, 0.25) is 0 Å². The monoisotopic (exact) mass is 431 g/mol. The number of aromatic nitrogens is 2. The van der Waals surface area contributed by atoms with Crippen molar-refractivity contribution in [2.75, 3.05) is 18.8 Å². The van der Waals surface area contributed by atoms with Crippen LogP contribution in [0.4, 0.5) is 5.95 Å². The Labute approximate surface area is 187 Å². The van der Waals surface area contributed by atoms with Crippen LogP contribution in [0.25, 0.3) is 0 Å². The molecule has 32 heavy (non-hydrogen) atoms. The summed E-state index contributed by atoms with van der Waals surface area (Å²) >= 11 is 0. The van der Waals surface area contributed by atoms with Gasteiger partial charge in [0.1, 0.15) is 0 Å². The Morgan fingerprint density at radius 2 is 1.34 bits per heavy atom. The van der Waals surface area contributed by atoms with Gasteiger partial charge in [0.05, 0.1) is 5.69 Å². The highest BCUT2D eigenvalue weighted by Crippen LogP contribution is 2.29. The molecule has 1 aliphatic rings. The van der Waals surface area contributed by atoms with Crippen LogP contribution in [0.15, 0.2) is 48.5 Å². The third kappa shape index (κ3) is 4.99. The Kier molecular flexibility index (Phi) is 6.25. The molecule has 166 valence electrons. The van der Waals surface area contributed by atoms with Crippen molar-refractivity contribution in [3.05, 3.63) is 82.2 Å². The molecule has 4 rings (SSSR count). The minimum Gasteiger partial charge on any atom is -0.369 e. The van der Waals surface area contributed by atoms with Gasteiger partial charge in [-0.3, -0.25) is 9.59 Å². The number of fused-ring (bicyclic) bond motifs is 1. The van der Waals surface area contributed by atoms with Crippen LogP contribution in [0.5, 0.6) is 0 Å². The van der Waals surface area contributed by atoms with Crippen molar-refractivity contribution < 1.29 is 9.59 Å². The SMILES string of the molecule is Cc1ccc(C(=O)NCC2Cc3nc(N)[nH]c3CC2CNC(=O)c2ccc(C)cc2)cc1. The number of amides is 2. The highest BCUT2D eigenvalue weighted by molar-refractivity contribution is 5.94. The molecule has 0 saturated carbocycles. The molecule has 7 nitrogen and oxygen atoms in total. The van der Waals surface area contributed by atoms with Crippen LogP contribution >= 0.6 is 0 Å². The average Bonchev–Trinajstić information content (AvgIpc) is 3.15. The third-order valence-electron chi connectivity index (χ3n) is 6.15. The second-order valence-corrected chi connectivity index (χ2v) is 8.63. The number of hydrogen-bond donors (Lipinski definition) is 4. The van der Waals surface area contributed by atoms with Crippen LogP contribution in [0, 0.1) is 25.7 Å². The number of H-pyrrole nitrogens is 1. The number of hydrogen-bond acceptors (Lipinski definition) is 4. The van der Waals surface area contributed by atoms with Gasteiger partial charge in [-0.2, -0.15) is 0 Å². The van der Waals surface area contributed by atoms with Crippen molar-refractivity contribution in [2.45, 2.75) is 26.7 Å². The zero-order chi connectivity index (χ0) is 22.7. The summed E-state index contributed by atoms with van der Waals surface area (Å²) in [6.07, 6.45) is 1.42. The number of anilines is 1. The van der Waals surface area contributed by atoms with Gasteiger partial charge < -0.3 is 21.4 Å². The van der Waals surface area contributed by atoms with E-state index in [-0.39, 0.29) is 23.7 Å². The molecule has 0 radical (unpaired) electrons. The van der Waals surface area contributed by atoms with E-state index in [9.17, 15) is 9.59 Å². The molecule has 1 aromatic heterocycles. The van der Waals surface area contributed by atoms with Crippen LogP contribution in [0.1, 0.15) is 43.2 Å². The topological polar surface area (TPSA) is 113 Å². The van der Waals surface area contributed by atoms with E-state index >= 15 is 0 Å². The third-order valence-corrected chi connectivity index (χ3v) is 6.15. The molecule has 0 saturated heterocycles. The molecule has 0 fully saturated rings. The lowest BCUT2D eigenvalue weighted by Crippen LogP contribution is -2.42. The number of aromatic amines is 1. The largest absolute Gasteiger partial charge is 0.369 e. The number of nitrogen functional groups attached to an aromatic ring is 1. The lowest BCUT2D eigenvalue weighted by molar-refractivity contribution is 0.0915. The van der Waals surface area contributed by atoms with E-state index in [0.717, 1.165) is 28.9 Å². The van der Waals surface area contributed by atoms with E-state index in [1.165, 1.54) is 0 Å². The number of aryl methyl sites for hydroxylation is 2. The van der Waals surface area contributed by atoms with Gasteiger partial charge in [-0.05, 0) is 62.8 Å². The maximum absolute atomic E-state index is 12.6. The maximum Gasteiger partial charge on any atom is 0.251 e. The lowest BCUT2D eigenvalue weighted by atomic mass is 9.79. The van der Waals surface area contributed by atoms with Gasteiger partial charge in [-0.15, -0.1) is 0 Å². The first-order chi connectivity index (χ1) is 15.4. The Balaban J connectivity index is 1.42. The molecule has 0 aliphatic heterocycles. The van der Waals surface area contributed by atoms with Gasteiger partial charge in [-0.25, -0.2) is 4.98 Å². The molecule has 2 amide bonds. The fourth-order valence-electron chi connectivity index (χ4n) is 4.19. The number of nitrogens with two attached hydrogens (primary N) is 1. The molecular formula is C25H29N5O2. The fourth-order valence-corrected chi connectivity index (χ4v) is 4.19. The number of carbonyl (C=O) groups excluding carboxylic acids is 2. The molecule has 5 N–H and O–H groups in total. The predicted octanol–water partition coefficient (Wildman–Crippen LogP) is 2.80. The summed E-state index contributed by atoms with van der Waals surface area (Å²) in [6, 6.07) is 15.0. The second kappa shape index (κ2) is 9.26. The molecular weight excluding hydrogens is 402 g/mol. The minimum absolute atomic E-state index is 0.0950. The Hall–Kier alpha value is -3.61. The van der Waals surface area contributed by atoms with Crippen molar-refractivity contribution in [2.24, 2.45) is 11.8 Å². The first kappa shape index (κ1) is 21.6. The average molecular weight is 432 g/mol. The second-order valence-electron chi connectivity index (χ2n) is 8.63. The van der Waals surface area contributed by atoms with E-state index in [4.69, 9.17) is 5.73 Å². The van der Waals surface area contributed by atoms with Gasteiger partial charge in [0.15, 0.2) is 5.95 Å². The lowest BCUT2D eigenvalue weighted by Gasteiger charge is -2.31. The molecule has 3 aromatic rings. The summed E-state index contributed by atoms with van der Waals surface area (Å²) in [4.78, 5) is 32.8. The zero-order valence-corrected chi connectivity index (χ0v) is 18.4. The molecule has 2 atom stereocenters. The minimum atomic E-state index is -0.0974. The zero-order valence-electron chi connectivity index (χ0n) is 18.4. The quantitative estimate of drug-likeness (QED) is 0.481. The van der Waals surface area contributed by atoms with Crippen molar-refractivity contribution in [3.8, 4) is 0 Å². The molecule has 1 heterocycles. The number of rotatable bonds is 6. The molecule has 7 heteroatoms. The van der Waals surface area contributed by atoms with E-state index in [1.807, 2.05) is 62.4 Å². The normalized spacial score (nSPS) is 17.4. The summed E-state index contributed by atoms with van der Waals surface area (Å²) in [5, 5.41) is 6.12. The molecule has 0 spiro atoms. The number of benzene rings is 2. The van der Waals surface area contributed by atoms with Crippen molar-refractivity contribution in [1.29, 1.82) is 0 Å². The highest BCUT2D eigenvalue weighted by Gasteiger charge is 2.31. The first-order valence-electron chi connectivity index (χ1n) is 10.9. The number of imidazole rings is 1. The van der Waals surface area contributed by atoms with E-state index in [0.29, 0.717) is 36.6 Å². The summed E-state index contributed by atoms with van der Waals surface area (Å²) in [6.45, 7) is 5.00. The molecule has 0 bridgehead atoms. The number of nitrogens with one attached hydrogen (secondary N) is 3. The molecule has 2 aromatic carbocycles. The van der Waals surface area contributed by atoms with E-state index < -0.39 is 0 Å². The van der Waals surface area contributed by atoms with E-state index in [1.54, 1.807) is 0 Å². The van der Waals surface area contributed by atoms with Crippen molar-refractivity contribution in [1.82, 2.24) is 20.6 Å². The predicted molar refractivity (Wildman–Crippen MR) is 124 cm³/mol. The van der Waals surface area contributed by atoms with Crippen molar-refractivity contribution in [3.63, 3.8) is 0 Å². The Bertz CT molecular complexity index is 1020. The van der Waals surface area contributed by atoms with Crippen LogP contribution in [0.2, 0.25) is 0 Å². The highest BCUT2D eigenvalue weighted by atomic mass is 16.2. The van der Waals surface area contributed by atoms with E-state index in [2.05, 4.69) is 20.6 Å². The van der Waals surface area contributed by atoms with Gasteiger partial charge in [0.25, 0.3) is 11.8 Å². The maximum atomic E-state index is 12.6. The molecule has 1 aliphatic carbocycles. The summed E-state index contributed by atoms with van der Waals surface area (Å²) in [5.74, 6) is 0.497. The first-order valence-corrected chi connectivity index (χ1v) is 10.9. The van der Waals surface area contributed by atoms with Crippen LogP contribution in [-0.4, -0.2) is 34.9 Å². The summed E-state index contributed by atoms with van der Waals surface area (Å²) in [5.41, 5.74) is 11.3. The van der Waals surface area contributed by atoms with Crippen LogP contribution < -0.4 is 16.4 Å². The summed E-state index contributed by atoms with van der Waals surface area (Å²) < 4.78 is 0. The van der Waals surface area contributed by atoms with Crippen LogP contribution in [0.3, 0.4) is 0 Å². The molecule has 2 unspecified atom stereocenters. The smallest absolute Gasteiger partial charge is 0.251 e.